The van der Waals surface area contributed by atoms with Gasteiger partial charge in [0.05, 0.1) is 12.0 Å². The molecule has 0 spiro atoms. The van der Waals surface area contributed by atoms with Crippen molar-refractivity contribution in [3.63, 3.8) is 0 Å². The molecule has 3 N–H and O–H groups in total. The van der Waals surface area contributed by atoms with E-state index in [1.54, 1.807) is 12.5 Å². The first-order valence-electron chi connectivity index (χ1n) is 13.4. The van der Waals surface area contributed by atoms with Gasteiger partial charge in [-0.1, -0.05) is 13.5 Å². The third-order valence-corrected chi connectivity index (χ3v) is 7.80. The fourth-order valence-corrected chi connectivity index (χ4v) is 5.44. The molecule has 0 radical (unpaired) electrons. The van der Waals surface area contributed by atoms with Gasteiger partial charge in [-0.15, -0.1) is 0 Å². The van der Waals surface area contributed by atoms with Crippen LogP contribution in [0.2, 0.25) is 0 Å². The highest BCUT2D eigenvalue weighted by Gasteiger charge is 2.23. The lowest BCUT2D eigenvalue weighted by atomic mass is 10.0. The molecule has 0 amide bonds. The van der Waals surface area contributed by atoms with Crippen LogP contribution in [0, 0.1) is 6.92 Å². The molecular weight excluding hydrogens is 462 g/mol. The standard InChI is InChI=1S/C28H39N9/c1-5-29-26-20(3)27(37-17-13-24-25(14-18-37)31-19-30-24)34-28(33-26)32-21-7-9-22(10-8-21)35(4)23-11-15-36(6-2)16-12-23/h5,7-10,19,23H,1,6,11-18H2,2-4H3,(H,30,31)(H2,29,32,33,34). The van der Waals surface area contributed by atoms with Gasteiger partial charge >= 0.3 is 0 Å². The Morgan fingerprint density at radius 3 is 2.59 bits per heavy atom. The van der Waals surface area contributed by atoms with Gasteiger partial charge in [0.15, 0.2) is 0 Å². The molecule has 2 aromatic heterocycles. The quantitative estimate of drug-likeness (QED) is 0.420. The number of hydrogen-bond acceptors (Lipinski definition) is 8. The number of likely N-dealkylation sites (tertiary alicyclic amines) is 1. The van der Waals surface area contributed by atoms with Gasteiger partial charge in [0.2, 0.25) is 5.95 Å². The van der Waals surface area contributed by atoms with Crippen LogP contribution in [0.4, 0.5) is 29.0 Å². The van der Waals surface area contributed by atoms with Gasteiger partial charge in [0, 0.05) is 74.7 Å². The van der Waals surface area contributed by atoms with Crippen LogP contribution in [-0.2, 0) is 12.8 Å². The predicted octanol–water partition coefficient (Wildman–Crippen LogP) is 4.33. The molecule has 0 saturated carbocycles. The van der Waals surface area contributed by atoms with Crippen LogP contribution < -0.4 is 20.4 Å². The van der Waals surface area contributed by atoms with E-state index < -0.39 is 0 Å². The summed E-state index contributed by atoms with van der Waals surface area (Å²) < 4.78 is 0. The normalized spacial score (nSPS) is 16.7. The maximum Gasteiger partial charge on any atom is 0.231 e. The van der Waals surface area contributed by atoms with E-state index >= 15 is 0 Å². The van der Waals surface area contributed by atoms with Gasteiger partial charge in [-0.05, 0) is 56.8 Å². The number of piperidine rings is 1. The van der Waals surface area contributed by atoms with E-state index in [4.69, 9.17) is 9.97 Å². The van der Waals surface area contributed by atoms with Gasteiger partial charge in [-0.25, -0.2) is 4.98 Å². The molecule has 0 atom stereocenters. The SMILES string of the molecule is C=CNc1nc(Nc2ccc(N(C)C3CCN(CC)CC3)cc2)nc(N2CCc3nc[nH]c3CC2)c1C. The molecular formula is C28H39N9. The molecule has 0 bridgehead atoms. The van der Waals surface area contributed by atoms with Crippen molar-refractivity contribution in [2.75, 3.05) is 60.2 Å². The average Bonchev–Trinajstić information content (AvgIpc) is 3.29. The summed E-state index contributed by atoms with van der Waals surface area (Å²) in [5.74, 6) is 2.26. The van der Waals surface area contributed by atoms with Gasteiger partial charge in [0.1, 0.15) is 11.6 Å². The smallest absolute Gasteiger partial charge is 0.231 e. The summed E-state index contributed by atoms with van der Waals surface area (Å²) >= 11 is 0. The van der Waals surface area contributed by atoms with Crippen LogP contribution in [0.1, 0.15) is 36.7 Å². The zero-order valence-corrected chi connectivity index (χ0v) is 22.3. The molecule has 4 heterocycles. The first kappa shape index (κ1) is 25.1. The predicted molar refractivity (Wildman–Crippen MR) is 152 cm³/mol. The second-order valence-electron chi connectivity index (χ2n) is 9.96. The Balaban J connectivity index is 1.31. The molecule has 0 aliphatic carbocycles. The topological polar surface area (TPSA) is 88.2 Å². The van der Waals surface area contributed by atoms with Crippen molar-refractivity contribution in [2.24, 2.45) is 0 Å². The van der Waals surface area contributed by atoms with Crippen molar-refractivity contribution in [2.45, 2.75) is 45.6 Å². The molecule has 9 nitrogen and oxygen atoms in total. The monoisotopic (exact) mass is 501 g/mol. The molecule has 1 aromatic carbocycles. The minimum absolute atomic E-state index is 0.568. The second-order valence-corrected chi connectivity index (χ2v) is 9.96. The van der Waals surface area contributed by atoms with Crippen molar-refractivity contribution < 1.29 is 0 Å². The number of aromatic amines is 1. The Labute approximate surface area is 220 Å². The Kier molecular flexibility index (Phi) is 7.60. The Bertz CT molecular complexity index is 1170. The van der Waals surface area contributed by atoms with E-state index in [1.807, 2.05) is 0 Å². The number of nitrogens with one attached hydrogen (secondary N) is 3. The van der Waals surface area contributed by atoms with Crippen LogP contribution in [0.15, 0.2) is 43.4 Å². The summed E-state index contributed by atoms with van der Waals surface area (Å²) in [7, 11) is 2.21. The van der Waals surface area contributed by atoms with Gasteiger partial charge in [0.25, 0.3) is 0 Å². The highest BCUT2D eigenvalue weighted by atomic mass is 15.3. The fraction of sp³-hybridized carbons (Fsp3) is 0.464. The van der Waals surface area contributed by atoms with Crippen molar-refractivity contribution in [3.05, 3.63) is 60.3 Å². The van der Waals surface area contributed by atoms with Crippen LogP contribution >= 0.6 is 0 Å². The first-order chi connectivity index (χ1) is 18.1. The van der Waals surface area contributed by atoms with Crippen LogP contribution in [0.3, 0.4) is 0 Å². The molecule has 2 aliphatic rings. The highest BCUT2D eigenvalue weighted by Crippen LogP contribution is 2.29. The molecule has 2 aliphatic heterocycles. The third-order valence-electron chi connectivity index (χ3n) is 7.80. The molecule has 196 valence electrons. The number of imidazole rings is 1. The number of nitrogens with zero attached hydrogens (tertiary/aromatic N) is 6. The number of aromatic nitrogens is 4. The zero-order chi connectivity index (χ0) is 25.8. The van der Waals surface area contributed by atoms with Crippen LogP contribution in [0.25, 0.3) is 0 Å². The Hall–Kier alpha value is -3.59. The summed E-state index contributed by atoms with van der Waals surface area (Å²) in [5.41, 5.74) is 5.58. The first-order valence-corrected chi connectivity index (χ1v) is 13.4. The van der Waals surface area contributed by atoms with Gasteiger partial charge < -0.3 is 30.3 Å². The van der Waals surface area contributed by atoms with E-state index in [9.17, 15) is 0 Å². The van der Waals surface area contributed by atoms with E-state index in [1.165, 1.54) is 37.3 Å². The summed E-state index contributed by atoms with van der Waals surface area (Å²) in [6, 6.07) is 9.17. The average molecular weight is 502 g/mol. The fourth-order valence-electron chi connectivity index (χ4n) is 5.44. The molecule has 1 saturated heterocycles. The van der Waals surface area contributed by atoms with E-state index in [-0.39, 0.29) is 0 Å². The van der Waals surface area contributed by atoms with Crippen LogP contribution in [-0.4, -0.2) is 70.6 Å². The zero-order valence-electron chi connectivity index (χ0n) is 22.3. The molecule has 37 heavy (non-hydrogen) atoms. The number of H-pyrrole nitrogens is 1. The summed E-state index contributed by atoms with van der Waals surface area (Å²) in [5, 5.41) is 6.62. The van der Waals surface area contributed by atoms with Gasteiger partial charge in [-0.3, -0.25) is 0 Å². The third kappa shape index (κ3) is 5.56. The minimum Gasteiger partial charge on any atom is -0.372 e. The second kappa shape index (κ2) is 11.2. The van der Waals surface area contributed by atoms with E-state index in [0.29, 0.717) is 12.0 Å². The lowest BCUT2D eigenvalue weighted by molar-refractivity contribution is 0.221. The number of benzene rings is 1. The van der Waals surface area contributed by atoms with Crippen molar-refractivity contribution in [1.29, 1.82) is 0 Å². The van der Waals surface area contributed by atoms with Crippen molar-refractivity contribution in [3.8, 4) is 0 Å². The minimum atomic E-state index is 0.568. The molecule has 1 fully saturated rings. The Morgan fingerprint density at radius 1 is 1.11 bits per heavy atom. The van der Waals surface area contributed by atoms with Crippen LogP contribution in [0.5, 0.6) is 0 Å². The van der Waals surface area contributed by atoms with Crippen molar-refractivity contribution >= 4 is 29.0 Å². The molecule has 5 rings (SSSR count). The highest BCUT2D eigenvalue weighted by molar-refractivity contribution is 5.66. The lowest BCUT2D eigenvalue weighted by Crippen LogP contribution is -2.43. The van der Waals surface area contributed by atoms with Crippen molar-refractivity contribution in [1.82, 2.24) is 24.8 Å². The molecule has 0 unspecified atom stereocenters. The maximum atomic E-state index is 4.95. The van der Waals surface area contributed by atoms with E-state index in [0.717, 1.165) is 61.1 Å². The maximum absolute atomic E-state index is 4.95. The largest absolute Gasteiger partial charge is 0.372 e. The lowest BCUT2D eigenvalue weighted by Gasteiger charge is -2.37. The Morgan fingerprint density at radius 2 is 1.86 bits per heavy atom. The summed E-state index contributed by atoms with van der Waals surface area (Å²) in [6.07, 6.45) is 7.68. The summed E-state index contributed by atoms with van der Waals surface area (Å²) in [4.78, 5) is 24.8. The number of rotatable bonds is 8. The number of fused-ring (bicyclic) bond motifs is 1. The number of hydrogen-bond donors (Lipinski definition) is 3. The van der Waals surface area contributed by atoms with E-state index in [2.05, 4.69) is 87.0 Å². The summed E-state index contributed by atoms with van der Waals surface area (Å²) in [6.45, 7) is 13.4. The number of anilines is 5. The molecule has 9 heteroatoms. The van der Waals surface area contributed by atoms with Gasteiger partial charge in [-0.2, -0.15) is 9.97 Å². The molecule has 3 aromatic rings.